The molecular weight excluding hydrogens is 260 g/mol. The van der Waals surface area contributed by atoms with Gasteiger partial charge in [-0.15, -0.1) is 0 Å². The quantitative estimate of drug-likeness (QED) is 0.710. The SMILES string of the molecule is CC1(OCC(=O)Nc2ccc(CC(=O)O)cc2)CNC1. The molecule has 0 aliphatic carbocycles. The van der Waals surface area contributed by atoms with E-state index in [1.165, 1.54) is 0 Å². The molecule has 1 aromatic carbocycles. The molecule has 1 aliphatic heterocycles. The third-order valence-corrected chi connectivity index (χ3v) is 3.14. The number of aliphatic carboxylic acids is 1. The number of nitrogens with one attached hydrogen (secondary N) is 2. The molecule has 0 bridgehead atoms. The summed E-state index contributed by atoms with van der Waals surface area (Å²) in [5, 5.41) is 14.5. The summed E-state index contributed by atoms with van der Waals surface area (Å²) in [7, 11) is 0. The van der Waals surface area contributed by atoms with E-state index in [0.717, 1.165) is 13.1 Å². The highest BCUT2D eigenvalue weighted by Crippen LogP contribution is 2.15. The molecule has 2 rings (SSSR count). The molecule has 3 N–H and O–H groups in total. The maximum absolute atomic E-state index is 11.7. The van der Waals surface area contributed by atoms with Gasteiger partial charge >= 0.3 is 5.97 Å². The Morgan fingerprint density at radius 3 is 2.50 bits per heavy atom. The number of rotatable bonds is 6. The zero-order chi connectivity index (χ0) is 14.6. The van der Waals surface area contributed by atoms with E-state index in [1.807, 2.05) is 6.92 Å². The highest BCUT2D eigenvalue weighted by atomic mass is 16.5. The van der Waals surface area contributed by atoms with Gasteiger partial charge in [0.15, 0.2) is 0 Å². The van der Waals surface area contributed by atoms with Crippen LogP contribution in [-0.2, 0) is 20.7 Å². The molecular formula is C14H18N2O4. The highest BCUT2D eigenvalue weighted by molar-refractivity contribution is 5.91. The van der Waals surface area contributed by atoms with E-state index >= 15 is 0 Å². The van der Waals surface area contributed by atoms with E-state index in [4.69, 9.17) is 9.84 Å². The van der Waals surface area contributed by atoms with Gasteiger partial charge in [-0.05, 0) is 24.6 Å². The molecule has 20 heavy (non-hydrogen) atoms. The van der Waals surface area contributed by atoms with E-state index in [-0.39, 0.29) is 24.5 Å². The van der Waals surface area contributed by atoms with Crippen LogP contribution in [0.15, 0.2) is 24.3 Å². The van der Waals surface area contributed by atoms with Crippen molar-refractivity contribution in [3.05, 3.63) is 29.8 Å². The number of hydrogen-bond acceptors (Lipinski definition) is 4. The fraction of sp³-hybridized carbons (Fsp3) is 0.429. The Morgan fingerprint density at radius 2 is 2.00 bits per heavy atom. The Morgan fingerprint density at radius 1 is 1.35 bits per heavy atom. The van der Waals surface area contributed by atoms with Crippen molar-refractivity contribution in [2.75, 3.05) is 25.0 Å². The number of ether oxygens (including phenoxy) is 1. The van der Waals surface area contributed by atoms with Crippen molar-refractivity contribution >= 4 is 17.6 Å². The first-order chi connectivity index (χ1) is 9.47. The number of carboxylic acids is 1. The van der Waals surface area contributed by atoms with E-state index in [1.54, 1.807) is 24.3 Å². The number of carbonyl (C=O) groups is 2. The molecule has 0 unspecified atom stereocenters. The summed E-state index contributed by atoms with van der Waals surface area (Å²) >= 11 is 0. The number of anilines is 1. The number of carboxylic acid groups (broad SMARTS) is 1. The van der Waals surface area contributed by atoms with Crippen molar-refractivity contribution in [3.8, 4) is 0 Å². The van der Waals surface area contributed by atoms with Crippen LogP contribution in [-0.4, -0.2) is 42.3 Å². The van der Waals surface area contributed by atoms with E-state index in [0.29, 0.717) is 11.3 Å². The van der Waals surface area contributed by atoms with Crippen LogP contribution in [0.3, 0.4) is 0 Å². The van der Waals surface area contributed by atoms with E-state index in [2.05, 4.69) is 10.6 Å². The van der Waals surface area contributed by atoms with Gasteiger partial charge in [0.2, 0.25) is 5.91 Å². The van der Waals surface area contributed by atoms with E-state index < -0.39 is 5.97 Å². The summed E-state index contributed by atoms with van der Waals surface area (Å²) in [5.41, 5.74) is 1.08. The standard InChI is InChI=1S/C14H18N2O4/c1-14(8-15-9-14)20-7-12(17)16-11-4-2-10(3-5-11)6-13(18)19/h2-5,15H,6-9H2,1H3,(H,16,17)(H,18,19). The summed E-state index contributed by atoms with van der Waals surface area (Å²) in [5.74, 6) is -1.10. The monoisotopic (exact) mass is 278 g/mol. The lowest BCUT2D eigenvalue weighted by Crippen LogP contribution is -2.59. The molecule has 0 radical (unpaired) electrons. The van der Waals surface area contributed by atoms with E-state index in [9.17, 15) is 9.59 Å². The van der Waals surface area contributed by atoms with Crippen molar-refractivity contribution < 1.29 is 19.4 Å². The largest absolute Gasteiger partial charge is 0.481 e. The zero-order valence-electron chi connectivity index (χ0n) is 11.3. The second-order valence-corrected chi connectivity index (χ2v) is 5.16. The molecule has 1 aliphatic rings. The molecule has 0 saturated carbocycles. The van der Waals surface area contributed by atoms with Crippen molar-refractivity contribution in [1.29, 1.82) is 0 Å². The van der Waals surface area contributed by atoms with Crippen LogP contribution in [0.2, 0.25) is 0 Å². The fourth-order valence-electron chi connectivity index (χ4n) is 1.90. The van der Waals surface area contributed by atoms with Gasteiger partial charge in [-0.1, -0.05) is 12.1 Å². The van der Waals surface area contributed by atoms with Gasteiger partial charge in [0, 0.05) is 18.8 Å². The number of amides is 1. The van der Waals surface area contributed by atoms with Gasteiger partial charge in [0.05, 0.1) is 12.0 Å². The predicted octanol–water partition coefficient (Wildman–Crippen LogP) is 0.631. The molecule has 108 valence electrons. The Balaban J connectivity index is 1.80. The Hall–Kier alpha value is -1.92. The number of carbonyl (C=O) groups excluding carboxylic acids is 1. The molecule has 6 heteroatoms. The van der Waals surface area contributed by atoms with Crippen molar-refractivity contribution in [1.82, 2.24) is 5.32 Å². The normalized spacial score (nSPS) is 16.2. The fourth-order valence-corrected chi connectivity index (χ4v) is 1.90. The lowest BCUT2D eigenvalue weighted by molar-refractivity contribution is -0.136. The summed E-state index contributed by atoms with van der Waals surface area (Å²) in [6.45, 7) is 3.47. The summed E-state index contributed by atoms with van der Waals surface area (Å²) in [6.07, 6.45) is -0.0251. The molecule has 0 atom stereocenters. The Labute approximate surface area is 117 Å². The average molecular weight is 278 g/mol. The smallest absolute Gasteiger partial charge is 0.307 e. The van der Waals surface area contributed by atoms with Crippen LogP contribution in [0.4, 0.5) is 5.69 Å². The third-order valence-electron chi connectivity index (χ3n) is 3.14. The summed E-state index contributed by atoms with van der Waals surface area (Å²) in [4.78, 5) is 22.3. The van der Waals surface area contributed by atoms with Crippen molar-refractivity contribution in [2.24, 2.45) is 0 Å². The second-order valence-electron chi connectivity index (χ2n) is 5.16. The summed E-state index contributed by atoms with van der Waals surface area (Å²) in [6, 6.07) is 6.73. The number of hydrogen-bond donors (Lipinski definition) is 3. The van der Waals surface area contributed by atoms with Gasteiger partial charge in [-0.2, -0.15) is 0 Å². The number of benzene rings is 1. The van der Waals surface area contributed by atoms with Crippen molar-refractivity contribution in [2.45, 2.75) is 18.9 Å². The molecule has 0 aromatic heterocycles. The van der Waals surface area contributed by atoms with Crippen LogP contribution in [0.25, 0.3) is 0 Å². The van der Waals surface area contributed by atoms with Gasteiger partial charge in [0.25, 0.3) is 0 Å². The van der Waals surface area contributed by atoms with Gasteiger partial charge in [-0.3, -0.25) is 9.59 Å². The third kappa shape index (κ3) is 4.04. The lowest BCUT2D eigenvalue weighted by Gasteiger charge is -2.38. The molecule has 0 spiro atoms. The predicted molar refractivity (Wildman–Crippen MR) is 73.6 cm³/mol. The maximum atomic E-state index is 11.7. The molecule has 1 heterocycles. The maximum Gasteiger partial charge on any atom is 0.307 e. The minimum absolute atomic E-state index is 0.00899. The highest BCUT2D eigenvalue weighted by Gasteiger charge is 2.32. The summed E-state index contributed by atoms with van der Waals surface area (Å²) < 4.78 is 5.52. The van der Waals surface area contributed by atoms with Crippen LogP contribution in [0, 0.1) is 0 Å². The van der Waals surface area contributed by atoms with Crippen LogP contribution in [0.5, 0.6) is 0 Å². The topological polar surface area (TPSA) is 87.7 Å². The average Bonchev–Trinajstić information content (AvgIpc) is 2.36. The van der Waals surface area contributed by atoms with Crippen LogP contribution >= 0.6 is 0 Å². The van der Waals surface area contributed by atoms with Crippen molar-refractivity contribution in [3.63, 3.8) is 0 Å². The first-order valence-electron chi connectivity index (χ1n) is 6.42. The minimum atomic E-state index is -0.877. The van der Waals surface area contributed by atoms with Gasteiger partial charge in [0.1, 0.15) is 6.61 Å². The molecule has 6 nitrogen and oxygen atoms in total. The minimum Gasteiger partial charge on any atom is -0.481 e. The zero-order valence-corrected chi connectivity index (χ0v) is 11.3. The first kappa shape index (κ1) is 14.5. The molecule has 1 aromatic rings. The van der Waals surface area contributed by atoms with Gasteiger partial charge < -0.3 is 20.5 Å². The molecule has 1 fully saturated rings. The molecule has 1 saturated heterocycles. The first-order valence-corrected chi connectivity index (χ1v) is 6.42. The molecule has 1 amide bonds. The Bertz CT molecular complexity index is 494. The Kier molecular flexibility index (Phi) is 4.36. The van der Waals surface area contributed by atoms with Crippen LogP contribution < -0.4 is 10.6 Å². The lowest BCUT2D eigenvalue weighted by atomic mass is 10.0. The second kappa shape index (κ2) is 6.02. The van der Waals surface area contributed by atoms with Gasteiger partial charge in [-0.25, -0.2) is 0 Å². The van der Waals surface area contributed by atoms with Crippen LogP contribution in [0.1, 0.15) is 12.5 Å².